The first-order valence-electron chi connectivity index (χ1n) is 9.63. The van der Waals surface area contributed by atoms with Gasteiger partial charge >= 0.3 is 0 Å². The van der Waals surface area contributed by atoms with Gasteiger partial charge in [0, 0.05) is 26.2 Å². The first-order chi connectivity index (χ1) is 12.0. The molecule has 0 aliphatic heterocycles. The summed E-state index contributed by atoms with van der Waals surface area (Å²) in [5.74, 6) is 1.66. The molecule has 2 rings (SSSR count). The molecule has 4 heteroatoms. The molecular weight excluding hydrogens is 447 g/mol. The molecule has 0 amide bonds. The van der Waals surface area contributed by atoms with Crippen molar-refractivity contribution in [1.82, 2.24) is 0 Å². The second kappa shape index (κ2) is 12.7. The van der Waals surface area contributed by atoms with Crippen LogP contribution < -0.4 is 0 Å². The van der Waals surface area contributed by atoms with Crippen LogP contribution in [0.15, 0.2) is 36.4 Å². The molecule has 0 saturated heterocycles. The summed E-state index contributed by atoms with van der Waals surface area (Å²) in [7, 11) is 0. The van der Waals surface area contributed by atoms with E-state index < -0.39 is 0 Å². The van der Waals surface area contributed by atoms with Gasteiger partial charge < -0.3 is 10.2 Å². The van der Waals surface area contributed by atoms with Crippen LogP contribution in [0.4, 0.5) is 0 Å². The number of phenolic OH excluding ortho intramolecular Hbond substituents is 2. The van der Waals surface area contributed by atoms with Gasteiger partial charge in [0.2, 0.25) is 0 Å². The molecule has 0 heterocycles. The summed E-state index contributed by atoms with van der Waals surface area (Å²) in [5.41, 5.74) is 4.43. The Hall–Kier alpha value is -0.787. The summed E-state index contributed by atoms with van der Waals surface area (Å²) in [6, 6.07) is 11.9. The van der Waals surface area contributed by atoms with Crippen molar-refractivity contribution in [3.8, 4) is 11.5 Å². The van der Waals surface area contributed by atoms with Crippen LogP contribution in [0, 0.1) is 0 Å². The van der Waals surface area contributed by atoms with Gasteiger partial charge in [-0.1, -0.05) is 85.7 Å². The van der Waals surface area contributed by atoms with Crippen molar-refractivity contribution in [3.05, 3.63) is 58.7 Å². The van der Waals surface area contributed by atoms with Crippen molar-refractivity contribution < 1.29 is 36.4 Å². The molecule has 0 fully saturated rings. The van der Waals surface area contributed by atoms with Gasteiger partial charge in [-0.25, -0.2) is 0 Å². The SMILES string of the molecule is CC(C)c1cccc(C(C)C)c1O.CCc1ccc(O)c(C(C)(C)C)c1.Cl.[Zr]. The maximum atomic E-state index is 9.93. The molecular formula is C24H37ClO2Zr. The fraction of sp³-hybridized carbons (Fsp3) is 0.500. The topological polar surface area (TPSA) is 40.5 Å². The van der Waals surface area contributed by atoms with Crippen molar-refractivity contribution in [2.24, 2.45) is 0 Å². The quantitative estimate of drug-likeness (QED) is 0.480. The van der Waals surface area contributed by atoms with E-state index in [0.29, 0.717) is 23.3 Å². The standard InChI is InChI=1S/2C12H18O.ClH.Zr/c1-8(2)10-6-5-7-11(9(3)4)12(10)13;1-5-9-6-7-11(13)10(8-9)12(2,3)4;;/h5-9,13H,1-4H3;6-8,13H,5H2,1-4H3;1H;. The Bertz CT molecular complexity index is 693. The smallest absolute Gasteiger partial charge is 0.122 e. The number of para-hydroxylation sites is 1. The molecule has 0 atom stereocenters. The maximum Gasteiger partial charge on any atom is 0.122 e. The van der Waals surface area contributed by atoms with Crippen LogP contribution in [-0.2, 0) is 38.0 Å². The Kier molecular flexibility index (Phi) is 13.3. The first kappa shape index (κ1) is 29.4. The number of hydrogen-bond acceptors (Lipinski definition) is 2. The van der Waals surface area contributed by atoms with E-state index in [0.717, 1.165) is 23.1 Å². The predicted octanol–water partition coefficient (Wildman–Crippen LogP) is 7.31. The minimum atomic E-state index is 0. The number of benzene rings is 2. The van der Waals surface area contributed by atoms with Crippen LogP contribution >= 0.6 is 12.4 Å². The van der Waals surface area contributed by atoms with E-state index in [-0.39, 0.29) is 44.0 Å². The van der Waals surface area contributed by atoms with Crippen molar-refractivity contribution >= 4 is 12.4 Å². The number of hydrogen-bond donors (Lipinski definition) is 2. The molecule has 0 aliphatic rings. The van der Waals surface area contributed by atoms with E-state index in [1.807, 2.05) is 24.3 Å². The molecule has 0 bridgehead atoms. The second-order valence-electron chi connectivity index (χ2n) is 8.55. The zero-order valence-corrected chi connectivity index (χ0v) is 21.9. The molecule has 156 valence electrons. The molecule has 0 unspecified atom stereocenters. The van der Waals surface area contributed by atoms with Gasteiger partial charge in [0.25, 0.3) is 0 Å². The normalized spacial score (nSPS) is 10.6. The number of aromatic hydroxyl groups is 2. The number of rotatable bonds is 3. The Morgan fingerprint density at radius 2 is 1.32 bits per heavy atom. The summed E-state index contributed by atoms with van der Waals surface area (Å²) in [4.78, 5) is 0. The van der Waals surface area contributed by atoms with Crippen LogP contribution in [0.5, 0.6) is 11.5 Å². The van der Waals surface area contributed by atoms with Gasteiger partial charge in [0.1, 0.15) is 11.5 Å². The summed E-state index contributed by atoms with van der Waals surface area (Å²) >= 11 is 0. The van der Waals surface area contributed by atoms with Crippen LogP contribution in [0.1, 0.15) is 89.5 Å². The Morgan fingerprint density at radius 3 is 1.68 bits per heavy atom. The van der Waals surface area contributed by atoms with Crippen molar-refractivity contribution in [2.75, 3.05) is 0 Å². The Labute approximate surface area is 197 Å². The van der Waals surface area contributed by atoms with Crippen LogP contribution in [0.3, 0.4) is 0 Å². The number of phenols is 2. The van der Waals surface area contributed by atoms with E-state index in [9.17, 15) is 10.2 Å². The third-order valence-electron chi connectivity index (χ3n) is 4.62. The maximum absolute atomic E-state index is 9.93. The van der Waals surface area contributed by atoms with Gasteiger partial charge in [-0.05, 0) is 52.0 Å². The molecule has 0 saturated carbocycles. The summed E-state index contributed by atoms with van der Waals surface area (Å²) in [6.45, 7) is 16.8. The van der Waals surface area contributed by atoms with Crippen molar-refractivity contribution in [2.45, 2.75) is 79.1 Å². The van der Waals surface area contributed by atoms with Gasteiger partial charge in [-0.3, -0.25) is 0 Å². The van der Waals surface area contributed by atoms with E-state index >= 15 is 0 Å². The number of halogens is 1. The largest absolute Gasteiger partial charge is 0.508 e. The van der Waals surface area contributed by atoms with Gasteiger partial charge in [-0.2, -0.15) is 0 Å². The molecule has 2 aromatic rings. The summed E-state index contributed by atoms with van der Waals surface area (Å²) in [6.07, 6.45) is 1.02. The van der Waals surface area contributed by atoms with Gasteiger partial charge in [0.15, 0.2) is 0 Å². The van der Waals surface area contributed by atoms with Crippen LogP contribution in [-0.4, -0.2) is 10.2 Å². The molecule has 0 aromatic heterocycles. The zero-order chi connectivity index (χ0) is 20.1. The second-order valence-corrected chi connectivity index (χ2v) is 8.55. The van der Waals surface area contributed by atoms with E-state index in [1.165, 1.54) is 5.56 Å². The van der Waals surface area contributed by atoms with E-state index in [1.54, 1.807) is 6.07 Å². The fourth-order valence-corrected chi connectivity index (χ4v) is 2.92. The van der Waals surface area contributed by atoms with Gasteiger partial charge in [-0.15, -0.1) is 12.4 Å². The minimum absolute atomic E-state index is 0. The molecule has 2 aromatic carbocycles. The predicted molar refractivity (Wildman–Crippen MR) is 120 cm³/mol. The Balaban J connectivity index is 0. The van der Waals surface area contributed by atoms with E-state index in [2.05, 4.69) is 61.5 Å². The van der Waals surface area contributed by atoms with Crippen molar-refractivity contribution in [3.63, 3.8) is 0 Å². The Morgan fingerprint density at radius 1 is 0.857 bits per heavy atom. The average molecular weight is 484 g/mol. The van der Waals surface area contributed by atoms with Crippen LogP contribution in [0.2, 0.25) is 0 Å². The fourth-order valence-electron chi connectivity index (χ4n) is 2.92. The monoisotopic (exact) mass is 482 g/mol. The van der Waals surface area contributed by atoms with Crippen LogP contribution in [0.25, 0.3) is 0 Å². The molecule has 2 nitrogen and oxygen atoms in total. The van der Waals surface area contributed by atoms with E-state index in [4.69, 9.17) is 0 Å². The van der Waals surface area contributed by atoms with Gasteiger partial charge in [0.05, 0.1) is 0 Å². The summed E-state index contributed by atoms with van der Waals surface area (Å²) in [5, 5.41) is 19.6. The third kappa shape index (κ3) is 8.30. The minimum Gasteiger partial charge on any atom is -0.508 e. The van der Waals surface area contributed by atoms with Crippen molar-refractivity contribution in [1.29, 1.82) is 0 Å². The molecule has 0 spiro atoms. The molecule has 2 N–H and O–H groups in total. The molecule has 0 radical (unpaired) electrons. The first-order valence-corrected chi connectivity index (χ1v) is 9.63. The average Bonchev–Trinajstić information content (AvgIpc) is 2.54. The molecule has 0 aliphatic carbocycles. The zero-order valence-electron chi connectivity index (χ0n) is 18.6. The summed E-state index contributed by atoms with van der Waals surface area (Å²) < 4.78 is 0. The third-order valence-corrected chi connectivity index (χ3v) is 4.62. The molecule has 28 heavy (non-hydrogen) atoms. The number of aryl methyl sites for hydroxylation is 1.